The first-order valence-corrected chi connectivity index (χ1v) is 5.40. The Kier molecular flexibility index (Phi) is 2.87. The Balaban J connectivity index is 1.96. The van der Waals surface area contributed by atoms with Gasteiger partial charge < -0.3 is 0 Å². The summed E-state index contributed by atoms with van der Waals surface area (Å²) < 4.78 is 0. The molecular formula is C12H13ClO. The highest BCUT2D eigenvalue weighted by molar-refractivity contribution is 6.30. The summed E-state index contributed by atoms with van der Waals surface area (Å²) in [5.74, 6) is 0.726. The molecule has 0 radical (unpaired) electrons. The summed E-state index contributed by atoms with van der Waals surface area (Å²) in [4.78, 5) is 11.6. The van der Waals surface area contributed by atoms with Crippen LogP contribution in [0.2, 0.25) is 5.02 Å². The largest absolute Gasteiger partial charge is 0.299 e. The van der Waals surface area contributed by atoms with Crippen LogP contribution in [-0.4, -0.2) is 5.78 Å². The highest BCUT2D eigenvalue weighted by Gasteiger charge is 2.24. The number of ketones is 1. The molecule has 74 valence electrons. The topological polar surface area (TPSA) is 17.1 Å². The highest BCUT2D eigenvalue weighted by atomic mass is 35.5. The molecule has 1 aromatic rings. The molecule has 0 N–H and O–H groups in total. The SMILES string of the molecule is O=C(Cc1ccc(Cl)cc1)C1CCC1. The fourth-order valence-corrected chi connectivity index (χ4v) is 1.80. The van der Waals surface area contributed by atoms with Crippen LogP contribution in [0.4, 0.5) is 0 Å². The quantitative estimate of drug-likeness (QED) is 0.745. The van der Waals surface area contributed by atoms with Crippen molar-refractivity contribution < 1.29 is 4.79 Å². The first-order chi connectivity index (χ1) is 6.75. The summed E-state index contributed by atoms with van der Waals surface area (Å²) in [5.41, 5.74) is 1.08. The Hall–Kier alpha value is -0.820. The lowest BCUT2D eigenvalue weighted by atomic mass is 9.80. The van der Waals surface area contributed by atoms with Crippen molar-refractivity contribution in [3.63, 3.8) is 0 Å². The maximum atomic E-state index is 11.6. The second-order valence-electron chi connectivity index (χ2n) is 3.90. The first-order valence-electron chi connectivity index (χ1n) is 5.03. The zero-order chi connectivity index (χ0) is 9.97. The molecule has 0 amide bonds. The van der Waals surface area contributed by atoms with E-state index in [9.17, 15) is 4.79 Å². The lowest BCUT2D eigenvalue weighted by Crippen LogP contribution is -2.23. The van der Waals surface area contributed by atoms with Crippen molar-refractivity contribution in [3.05, 3.63) is 34.9 Å². The summed E-state index contributed by atoms with van der Waals surface area (Å²) >= 11 is 5.76. The molecular weight excluding hydrogens is 196 g/mol. The molecule has 0 atom stereocenters. The van der Waals surface area contributed by atoms with Gasteiger partial charge >= 0.3 is 0 Å². The molecule has 1 aromatic carbocycles. The van der Waals surface area contributed by atoms with Gasteiger partial charge in [0.15, 0.2) is 0 Å². The molecule has 1 fully saturated rings. The molecule has 0 aliphatic heterocycles. The molecule has 1 nitrogen and oxygen atoms in total. The van der Waals surface area contributed by atoms with E-state index in [4.69, 9.17) is 11.6 Å². The number of benzene rings is 1. The number of carbonyl (C=O) groups excluding carboxylic acids is 1. The summed E-state index contributed by atoms with van der Waals surface area (Å²) in [5, 5.41) is 0.727. The molecule has 0 heterocycles. The zero-order valence-electron chi connectivity index (χ0n) is 8.00. The van der Waals surface area contributed by atoms with E-state index in [1.165, 1.54) is 6.42 Å². The van der Waals surface area contributed by atoms with Gasteiger partial charge in [-0.2, -0.15) is 0 Å². The van der Waals surface area contributed by atoms with Gasteiger partial charge in [-0.3, -0.25) is 4.79 Å². The van der Waals surface area contributed by atoms with Crippen LogP contribution in [0.5, 0.6) is 0 Å². The van der Waals surface area contributed by atoms with Gasteiger partial charge in [-0.1, -0.05) is 30.2 Å². The zero-order valence-corrected chi connectivity index (χ0v) is 8.76. The van der Waals surface area contributed by atoms with E-state index in [2.05, 4.69) is 0 Å². The van der Waals surface area contributed by atoms with Crippen LogP contribution >= 0.6 is 11.6 Å². The minimum atomic E-state index is 0.339. The molecule has 0 spiro atoms. The van der Waals surface area contributed by atoms with Crippen molar-refractivity contribution in [2.75, 3.05) is 0 Å². The maximum absolute atomic E-state index is 11.6. The molecule has 0 unspecified atom stereocenters. The molecule has 14 heavy (non-hydrogen) atoms. The third kappa shape index (κ3) is 2.16. The van der Waals surface area contributed by atoms with Crippen molar-refractivity contribution in [2.45, 2.75) is 25.7 Å². The number of halogens is 1. The second-order valence-corrected chi connectivity index (χ2v) is 4.33. The smallest absolute Gasteiger partial charge is 0.140 e. The molecule has 1 saturated carbocycles. The van der Waals surface area contributed by atoms with Crippen LogP contribution in [0.25, 0.3) is 0 Å². The van der Waals surface area contributed by atoms with E-state index in [1.807, 2.05) is 24.3 Å². The molecule has 2 rings (SSSR count). The van der Waals surface area contributed by atoms with Crippen molar-refractivity contribution in [1.82, 2.24) is 0 Å². The predicted octanol–water partition coefficient (Wildman–Crippen LogP) is 3.25. The van der Waals surface area contributed by atoms with E-state index in [0.717, 1.165) is 23.4 Å². The number of hydrogen-bond donors (Lipinski definition) is 0. The van der Waals surface area contributed by atoms with Gasteiger partial charge in [0.2, 0.25) is 0 Å². The van der Waals surface area contributed by atoms with Crippen molar-refractivity contribution in [2.24, 2.45) is 5.92 Å². The first kappa shape index (κ1) is 9.72. The lowest BCUT2D eigenvalue weighted by Gasteiger charge is -2.23. The Morgan fingerprint density at radius 3 is 2.43 bits per heavy atom. The van der Waals surface area contributed by atoms with E-state index in [-0.39, 0.29) is 0 Å². The molecule has 0 bridgehead atoms. The van der Waals surface area contributed by atoms with E-state index < -0.39 is 0 Å². The van der Waals surface area contributed by atoms with E-state index >= 15 is 0 Å². The average molecular weight is 209 g/mol. The Bertz CT molecular complexity index is 325. The summed E-state index contributed by atoms with van der Waals surface area (Å²) in [6.07, 6.45) is 3.97. The van der Waals surface area contributed by atoms with Gasteiger partial charge in [0.05, 0.1) is 0 Å². The van der Waals surface area contributed by atoms with Gasteiger partial charge in [0.25, 0.3) is 0 Å². The van der Waals surface area contributed by atoms with Crippen molar-refractivity contribution >= 4 is 17.4 Å². The summed E-state index contributed by atoms with van der Waals surface area (Å²) in [7, 11) is 0. The lowest BCUT2D eigenvalue weighted by molar-refractivity contribution is -0.124. The van der Waals surface area contributed by atoms with E-state index in [1.54, 1.807) is 0 Å². The summed E-state index contributed by atoms with van der Waals surface area (Å²) in [6.45, 7) is 0. The predicted molar refractivity (Wildman–Crippen MR) is 57.5 cm³/mol. The van der Waals surface area contributed by atoms with Crippen LogP contribution in [0.1, 0.15) is 24.8 Å². The van der Waals surface area contributed by atoms with Gasteiger partial charge in [-0.05, 0) is 30.5 Å². The van der Waals surface area contributed by atoms with Gasteiger partial charge in [0.1, 0.15) is 5.78 Å². The fraction of sp³-hybridized carbons (Fsp3) is 0.417. The van der Waals surface area contributed by atoms with Crippen LogP contribution < -0.4 is 0 Å². The second kappa shape index (κ2) is 4.14. The third-order valence-electron chi connectivity index (χ3n) is 2.85. The minimum Gasteiger partial charge on any atom is -0.299 e. The average Bonchev–Trinajstić information content (AvgIpc) is 2.06. The van der Waals surface area contributed by atoms with Crippen molar-refractivity contribution in [3.8, 4) is 0 Å². The molecule has 2 heteroatoms. The molecule has 1 aliphatic rings. The standard InChI is InChI=1S/C12H13ClO/c13-11-6-4-9(5-7-11)8-12(14)10-2-1-3-10/h4-7,10H,1-3,8H2. The Morgan fingerprint density at radius 1 is 1.29 bits per heavy atom. The van der Waals surface area contributed by atoms with Crippen LogP contribution in [0.3, 0.4) is 0 Å². The van der Waals surface area contributed by atoms with Gasteiger partial charge in [-0.15, -0.1) is 0 Å². The molecule has 0 aromatic heterocycles. The monoisotopic (exact) mass is 208 g/mol. The van der Waals surface area contributed by atoms with Gasteiger partial charge in [-0.25, -0.2) is 0 Å². The molecule has 0 saturated heterocycles. The van der Waals surface area contributed by atoms with Crippen LogP contribution in [-0.2, 0) is 11.2 Å². The Morgan fingerprint density at radius 2 is 1.93 bits per heavy atom. The minimum absolute atomic E-state index is 0.339. The normalized spacial score (nSPS) is 16.4. The number of Topliss-reactive ketones (excluding diaryl/α,β-unsaturated/α-hetero) is 1. The number of hydrogen-bond acceptors (Lipinski definition) is 1. The number of rotatable bonds is 3. The fourth-order valence-electron chi connectivity index (χ4n) is 1.68. The van der Waals surface area contributed by atoms with Crippen molar-refractivity contribution in [1.29, 1.82) is 0 Å². The third-order valence-corrected chi connectivity index (χ3v) is 3.10. The van der Waals surface area contributed by atoms with Gasteiger partial charge in [0, 0.05) is 17.4 Å². The highest BCUT2D eigenvalue weighted by Crippen LogP contribution is 2.28. The molecule has 1 aliphatic carbocycles. The van der Waals surface area contributed by atoms with Crippen LogP contribution in [0, 0.1) is 5.92 Å². The number of carbonyl (C=O) groups is 1. The summed E-state index contributed by atoms with van der Waals surface area (Å²) in [6, 6.07) is 7.54. The Labute approximate surface area is 89.1 Å². The maximum Gasteiger partial charge on any atom is 0.140 e. The van der Waals surface area contributed by atoms with E-state index in [0.29, 0.717) is 18.1 Å². The van der Waals surface area contributed by atoms with Crippen LogP contribution in [0.15, 0.2) is 24.3 Å².